The standard InChI is InChI=1S/C19H13Cl2N3O2/c20-15-8-4-9-16(21)14(15)11-22-24-19(26)18(25)23-17-10-3-6-12-5-1-2-7-13(12)17/h1-11H,(H,23,25)(H,24,26)/b22-11-. The molecule has 0 unspecified atom stereocenters. The molecule has 0 atom stereocenters. The molecular formula is C19H13Cl2N3O2. The van der Waals surface area contributed by atoms with E-state index in [1.807, 2.05) is 30.3 Å². The van der Waals surface area contributed by atoms with Gasteiger partial charge in [-0.3, -0.25) is 9.59 Å². The smallest absolute Gasteiger partial charge is 0.317 e. The number of amides is 2. The summed E-state index contributed by atoms with van der Waals surface area (Å²) in [6, 6.07) is 18.0. The third-order valence-corrected chi connectivity index (χ3v) is 4.26. The molecule has 0 saturated carbocycles. The summed E-state index contributed by atoms with van der Waals surface area (Å²) < 4.78 is 0. The Bertz CT molecular complexity index is 993. The quantitative estimate of drug-likeness (QED) is 0.402. The highest BCUT2D eigenvalue weighted by Gasteiger charge is 2.14. The summed E-state index contributed by atoms with van der Waals surface area (Å²) in [6.07, 6.45) is 1.29. The average Bonchev–Trinajstić information content (AvgIpc) is 2.64. The Morgan fingerprint density at radius 1 is 0.846 bits per heavy atom. The first-order chi connectivity index (χ1) is 12.6. The Balaban J connectivity index is 1.68. The molecule has 5 nitrogen and oxygen atoms in total. The van der Waals surface area contributed by atoms with Crippen molar-refractivity contribution in [2.75, 3.05) is 5.32 Å². The van der Waals surface area contributed by atoms with Gasteiger partial charge in [0.05, 0.1) is 16.3 Å². The van der Waals surface area contributed by atoms with Crippen LogP contribution in [-0.4, -0.2) is 18.0 Å². The van der Waals surface area contributed by atoms with E-state index in [0.29, 0.717) is 21.3 Å². The van der Waals surface area contributed by atoms with Gasteiger partial charge in [-0.2, -0.15) is 5.10 Å². The van der Waals surface area contributed by atoms with Gasteiger partial charge >= 0.3 is 11.8 Å². The Morgan fingerprint density at radius 3 is 2.27 bits per heavy atom. The second-order valence-electron chi connectivity index (χ2n) is 5.32. The van der Waals surface area contributed by atoms with Crippen molar-refractivity contribution in [3.8, 4) is 0 Å². The zero-order valence-electron chi connectivity index (χ0n) is 13.4. The Morgan fingerprint density at radius 2 is 1.50 bits per heavy atom. The number of carbonyl (C=O) groups is 2. The molecule has 3 aromatic carbocycles. The molecule has 0 radical (unpaired) electrons. The van der Waals surface area contributed by atoms with E-state index in [0.717, 1.165) is 10.8 Å². The molecule has 0 aliphatic carbocycles. The maximum atomic E-state index is 12.1. The summed E-state index contributed by atoms with van der Waals surface area (Å²) in [7, 11) is 0. The van der Waals surface area contributed by atoms with Gasteiger partial charge in [0.15, 0.2) is 0 Å². The number of benzene rings is 3. The number of nitrogens with zero attached hydrogens (tertiary/aromatic N) is 1. The number of hydrogen-bond donors (Lipinski definition) is 2. The van der Waals surface area contributed by atoms with Crippen LogP contribution in [0.3, 0.4) is 0 Å². The molecule has 0 fully saturated rings. The van der Waals surface area contributed by atoms with E-state index in [-0.39, 0.29) is 0 Å². The number of hydrazone groups is 1. The number of nitrogens with one attached hydrogen (secondary N) is 2. The normalized spacial score (nSPS) is 10.8. The van der Waals surface area contributed by atoms with Crippen LogP contribution in [0, 0.1) is 0 Å². The number of anilines is 1. The highest BCUT2D eigenvalue weighted by Crippen LogP contribution is 2.23. The van der Waals surface area contributed by atoms with E-state index >= 15 is 0 Å². The number of halogens is 2. The largest absolute Gasteiger partial charge is 0.329 e. The molecule has 0 heterocycles. The molecule has 0 aliphatic rings. The van der Waals surface area contributed by atoms with Gasteiger partial charge in [0.25, 0.3) is 0 Å². The van der Waals surface area contributed by atoms with Crippen LogP contribution in [0.5, 0.6) is 0 Å². The summed E-state index contributed by atoms with van der Waals surface area (Å²) in [5, 5.41) is 8.87. The minimum atomic E-state index is -0.905. The van der Waals surface area contributed by atoms with Crippen LogP contribution in [0.15, 0.2) is 65.8 Å². The predicted molar refractivity (Wildman–Crippen MR) is 105 cm³/mol. The van der Waals surface area contributed by atoms with Gasteiger partial charge in [0, 0.05) is 16.6 Å². The molecule has 3 aromatic rings. The van der Waals surface area contributed by atoms with E-state index in [2.05, 4.69) is 15.8 Å². The SMILES string of the molecule is O=C(N/N=C\c1c(Cl)cccc1Cl)C(=O)Nc1cccc2ccccc12. The fraction of sp³-hybridized carbons (Fsp3) is 0. The zero-order chi connectivity index (χ0) is 18.5. The highest BCUT2D eigenvalue weighted by atomic mass is 35.5. The van der Waals surface area contributed by atoms with E-state index < -0.39 is 11.8 Å². The van der Waals surface area contributed by atoms with Gasteiger partial charge in [0.2, 0.25) is 0 Å². The lowest BCUT2D eigenvalue weighted by atomic mass is 10.1. The average molecular weight is 386 g/mol. The Hall–Kier alpha value is -2.89. The maximum absolute atomic E-state index is 12.1. The Labute approximate surface area is 159 Å². The molecule has 2 N–H and O–H groups in total. The maximum Gasteiger partial charge on any atom is 0.329 e. The van der Waals surface area contributed by atoms with Crippen molar-refractivity contribution < 1.29 is 9.59 Å². The van der Waals surface area contributed by atoms with Crippen molar-refractivity contribution in [1.82, 2.24) is 5.43 Å². The second kappa shape index (κ2) is 7.99. The molecular weight excluding hydrogens is 373 g/mol. The van der Waals surface area contributed by atoms with Gasteiger partial charge in [-0.05, 0) is 23.6 Å². The minimum absolute atomic E-state index is 0.385. The summed E-state index contributed by atoms with van der Waals surface area (Å²) in [5.41, 5.74) is 3.15. The van der Waals surface area contributed by atoms with Gasteiger partial charge in [-0.15, -0.1) is 0 Å². The first-order valence-corrected chi connectivity index (χ1v) is 8.38. The van der Waals surface area contributed by atoms with Crippen LogP contribution in [0.4, 0.5) is 5.69 Å². The monoisotopic (exact) mass is 385 g/mol. The van der Waals surface area contributed by atoms with Crippen LogP contribution in [0.2, 0.25) is 10.0 Å². The Kier molecular flexibility index (Phi) is 5.51. The molecule has 3 rings (SSSR count). The van der Waals surface area contributed by atoms with Crippen molar-refractivity contribution >= 4 is 57.7 Å². The summed E-state index contributed by atoms with van der Waals surface area (Å²) in [4.78, 5) is 24.0. The van der Waals surface area contributed by atoms with Crippen LogP contribution in [0.25, 0.3) is 10.8 Å². The number of hydrogen-bond acceptors (Lipinski definition) is 3. The van der Waals surface area contributed by atoms with E-state index in [1.165, 1.54) is 6.21 Å². The van der Waals surface area contributed by atoms with E-state index in [4.69, 9.17) is 23.2 Å². The fourth-order valence-corrected chi connectivity index (χ4v) is 2.85. The first-order valence-electron chi connectivity index (χ1n) is 7.62. The van der Waals surface area contributed by atoms with Crippen LogP contribution in [0.1, 0.15) is 5.56 Å². The summed E-state index contributed by atoms with van der Waals surface area (Å²) in [5.74, 6) is -1.74. The van der Waals surface area contributed by atoms with Crippen molar-refractivity contribution in [2.45, 2.75) is 0 Å². The van der Waals surface area contributed by atoms with Gasteiger partial charge in [-0.1, -0.05) is 65.7 Å². The molecule has 0 saturated heterocycles. The van der Waals surface area contributed by atoms with Crippen molar-refractivity contribution in [2.24, 2.45) is 5.10 Å². The van der Waals surface area contributed by atoms with Gasteiger partial charge in [-0.25, -0.2) is 5.43 Å². The predicted octanol–water partition coefficient (Wildman–Crippen LogP) is 4.24. The van der Waals surface area contributed by atoms with Crippen LogP contribution < -0.4 is 10.7 Å². The van der Waals surface area contributed by atoms with Crippen molar-refractivity contribution in [3.05, 3.63) is 76.3 Å². The molecule has 130 valence electrons. The van der Waals surface area contributed by atoms with E-state index in [9.17, 15) is 9.59 Å². The zero-order valence-corrected chi connectivity index (χ0v) is 14.9. The highest BCUT2D eigenvalue weighted by molar-refractivity contribution is 6.40. The number of carbonyl (C=O) groups excluding carboxylic acids is 2. The third-order valence-electron chi connectivity index (χ3n) is 3.60. The van der Waals surface area contributed by atoms with Gasteiger partial charge in [0.1, 0.15) is 0 Å². The fourth-order valence-electron chi connectivity index (χ4n) is 2.35. The number of rotatable bonds is 3. The lowest BCUT2D eigenvalue weighted by molar-refractivity contribution is -0.136. The second-order valence-corrected chi connectivity index (χ2v) is 6.13. The molecule has 0 aromatic heterocycles. The number of fused-ring (bicyclic) bond motifs is 1. The lowest BCUT2D eigenvalue weighted by Crippen LogP contribution is -2.32. The summed E-state index contributed by atoms with van der Waals surface area (Å²) in [6.45, 7) is 0. The van der Waals surface area contributed by atoms with Crippen molar-refractivity contribution in [3.63, 3.8) is 0 Å². The molecule has 7 heteroatoms. The molecule has 0 aliphatic heterocycles. The molecule has 0 bridgehead atoms. The molecule has 2 amide bonds. The van der Waals surface area contributed by atoms with Crippen LogP contribution in [-0.2, 0) is 9.59 Å². The van der Waals surface area contributed by atoms with Crippen LogP contribution >= 0.6 is 23.2 Å². The molecule has 26 heavy (non-hydrogen) atoms. The molecule has 0 spiro atoms. The lowest BCUT2D eigenvalue weighted by Gasteiger charge is -2.07. The van der Waals surface area contributed by atoms with Crippen molar-refractivity contribution in [1.29, 1.82) is 0 Å². The topological polar surface area (TPSA) is 70.6 Å². The minimum Gasteiger partial charge on any atom is -0.317 e. The van der Waals surface area contributed by atoms with E-state index in [1.54, 1.807) is 30.3 Å². The third kappa shape index (κ3) is 4.02. The van der Waals surface area contributed by atoms with Gasteiger partial charge < -0.3 is 5.32 Å². The first kappa shape index (κ1) is 17.9. The summed E-state index contributed by atoms with van der Waals surface area (Å²) >= 11 is 12.0.